The standard InChI is InChI=1S/C17H22N4O3/c1-10(2)14(9-22)18-17(24)11-7-15(23)21(8-11)16-12-5-3-4-6-13(12)19-20-16/h3-6,10-11,14,22H,7-9H2,1-2H3,(H,18,24)(H,19,20)/t11-,14-/m1/s1. The van der Waals surface area contributed by atoms with Crippen molar-refractivity contribution in [2.75, 3.05) is 18.1 Å². The van der Waals surface area contributed by atoms with Crippen LogP contribution in [-0.2, 0) is 9.59 Å². The van der Waals surface area contributed by atoms with Gasteiger partial charge in [-0.15, -0.1) is 0 Å². The number of amides is 2. The largest absolute Gasteiger partial charge is 0.394 e. The van der Waals surface area contributed by atoms with Crippen LogP contribution in [0.25, 0.3) is 10.9 Å². The number of fused-ring (bicyclic) bond motifs is 1. The number of anilines is 1. The minimum Gasteiger partial charge on any atom is -0.394 e. The molecule has 1 aliphatic heterocycles. The van der Waals surface area contributed by atoms with Crippen molar-refractivity contribution in [1.29, 1.82) is 0 Å². The Morgan fingerprint density at radius 3 is 2.92 bits per heavy atom. The van der Waals surface area contributed by atoms with E-state index in [0.717, 1.165) is 10.9 Å². The minimum atomic E-state index is -0.430. The van der Waals surface area contributed by atoms with Crippen LogP contribution < -0.4 is 10.2 Å². The van der Waals surface area contributed by atoms with E-state index in [1.165, 1.54) is 0 Å². The maximum Gasteiger partial charge on any atom is 0.229 e. The highest BCUT2D eigenvalue weighted by atomic mass is 16.3. The first-order valence-electron chi connectivity index (χ1n) is 8.16. The van der Waals surface area contributed by atoms with E-state index in [2.05, 4.69) is 15.5 Å². The number of aliphatic hydroxyl groups excluding tert-OH is 1. The van der Waals surface area contributed by atoms with Crippen LogP contribution in [0.3, 0.4) is 0 Å². The highest BCUT2D eigenvalue weighted by Crippen LogP contribution is 2.29. The van der Waals surface area contributed by atoms with E-state index in [-0.39, 0.29) is 36.8 Å². The molecule has 0 spiro atoms. The second kappa shape index (κ2) is 6.60. The molecule has 3 rings (SSSR count). The van der Waals surface area contributed by atoms with E-state index in [1.807, 2.05) is 38.1 Å². The average Bonchev–Trinajstić information content (AvgIpc) is 3.15. The van der Waals surface area contributed by atoms with Gasteiger partial charge in [0, 0.05) is 18.4 Å². The summed E-state index contributed by atoms with van der Waals surface area (Å²) in [4.78, 5) is 26.3. The van der Waals surface area contributed by atoms with E-state index in [9.17, 15) is 14.7 Å². The van der Waals surface area contributed by atoms with Crippen LogP contribution in [0.5, 0.6) is 0 Å². The van der Waals surface area contributed by atoms with Gasteiger partial charge in [0.25, 0.3) is 0 Å². The van der Waals surface area contributed by atoms with Gasteiger partial charge < -0.3 is 10.4 Å². The van der Waals surface area contributed by atoms with Crippen molar-refractivity contribution in [1.82, 2.24) is 15.5 Å². The van der Waals surface area contributed by atoms with Gasteiger partial charge in [0.15, 0.2) is 5.82 Å². The average molecular weight is 330 g/mol. The molecule has 2 amide bonds. The molecule has 0 radical (unpaired) electrons. The number of hydrogen-bond acceptors (Lipinski definition) is 4. The molecule has 1 fully saturated rings. The molecular formula is C17H22N4O3. The molecule has 2 atom stereocenters. The smallest absolute Gasteiger partial charge is 0.229 e. The van der Waals surface area contributed by atoms with Gasteiger partial charge in [-0.1, -0.05) is 26.0 Å². The Kier molecular flexibility index (Phi) is 4.53. The summed E-state index contributed by atoms with van der Waals surface area (Å²) in [6.07, 6.45) is 0.156. The van der Waals surface area contributed by atoms with Gasteiger partial charge in [-0.25, -0.2) is 0 Å². The van der Waals surface area contributed by atoms with Crippen molar-refractivity contribution in [2.24, 2.45) is 11.8 Å². The van der Waals surface area contributed by atoms with Crippen molar-refractivity contribution in [2.45, 2.75) is 26.3 Å². The maximum atomic E-state index is 12.4. The highest BCUT2D eigenvalue weighted by Gasteiger charge is 2.37. The number of carbonyl (C=O) groups is 2. The fraction of sp³-hybridized carbons (Fsp3) is 0.471. The van der Waals surface area contributed by atoms with E-state index in [4.69, 9.17) is 0 Å². The number of hydrogen-bond donors (Lipinski definition) is 3. The summed E-state index contributed by atoms with van der Waals surface area (Å²) >= 11 is 0. The van der Waals surface area contributed by atoms with Crippen molar-refractivity contribution in [3.05, 3.63) is 24.3 Å². The molecule has 2 heterocycles. The lowest BCUT2D eigenvalue weighted by Crippen LogP contribution is -2.44. The molecule has 1 aliphatic rings. The lowest BCUT2D eigenvalue weighted by Gasteiger charge is -2.22. The fourth-order valence-electron chi connectivity index (χ4n) is 2.97. The Labute approximate surface area is 140 Å². The first-order valence-corrected chi connectivity index (χ1v) is 8.16. The number of aliphatic hydroxyl groups is 1. The van der Waals surface area contributed by atoms with Crippen molar-refractivity contribution in [3.8, 4) is 0 Å². The molecule has 7 nitrogen and oxygen atoms in total. The first-order chi connectivity index (χ1) is 11.5. The second-order valence-electron chi connectivity index (χ2n) is 6.54. The Morgan fingerprint density at radius 1 is 1.46 bits per heavy atom. The monoisotopic (exact) mass is 330 g/mol. The summed E-state index contributed by atoms with van der Waals surface area (Å²) in [7, 11) is 0. The van der Waals surface area contributed by atoms with Gasteiger partial charge in [0.1, 0.15) is 0 Å². The number of aromatic amines is 1. The Balaban J connectivity index is 1.75. The molecular weight excluding hydrogens is 308 g/mol. The zero-order valence-corrected chi connectivity index (χ0v) is 13.8. The number of H-pyrrole nitrogens is 1. The molecule has 0 bridgehead atoms. The first kappa shape index (κ1) is 16.4. The van der Waals surface area contributed by atoms with Crippen LogP contribution in [0, 0.1) is 11.8 Å². The van der Waals surface area contributed by atoms with E-state index < -0.39 is 5.92 Å². The fourth-order valence-corrected chi connectivity index (χ4v) is 2.97. The van der Waals surface area contributed by atoms with Gasteiger partial charge in [0.2, 0.25) is 11.8 Å². The lowest BCUT2D eigenvalue weighted by molar-refractivity contribution is -0.127. The third-order valence-electron chi connectivity index (χ3n) is 4.53. The van der Waals surface area contributed by atoms with Crippen LogP contribution in [0.1, 0.15) is 20.3 Å². The van der Waals surface area contributed by atoms with Crippen molar-refractivity contribution >= 4 is 28.5 Å². The number of para-hydroxylation sites is 1. The summed E-state index contributed by atoms with van der Waals surface area (Å²) in [6.45, 7) is 4.06. The maximum absolute atomic E-state index is 12.4. The topological polar surface area (TPSA) is 98.3 Å². The van der Waals surface area contributed by atoms with Gasteiger partial charge >= 0.3 is 0 Å². The third-order valence-corrected chi connectivity index (χ3v) is 4.53. The van der Waals surface area contributed by atoms with Crippen molar-refractivity contribution < 1.29 is 14.7 Å². The van der Waals surface area contributed by atoms with E-state index in [0.29, 0.717) is 12.4 Å². The molecule has 1 saturated heterocycles. The SMILES string of the molecule is CC(C)[C@@H](CO)NC(=O)[C@@H]1CC(=O)N(c2n[nH]c3ccccc23)C1. The van der Waals surface area contributed by atoms with E-state index >= 15 is 0 Å². The molecule has 1 aromatic carbocycles. The predicted octanol–water partition coefficient (Wildman–Crippen LogP) is 1.05. The predicted molar refractivity (Wildman–Crippen MR) is 90.4 cm³/mol. The molecule has 24 heavy (non-hydrogen) atoms. The zero-order valence-electron chi connectivity index (χ0n) is 13.8. The van der Waals surface area contributed by atoms with Crippen LogP contribution in [0.4, 0.5) is 5.82 Å². The molecule has 128 valence electrons. The van der Waals surface area contributed by atoms with Gasteiger partial charge in [0.05, 0.1) is 24.1 Å². The van der Waals surface area contributed by atoms with Gasteiger partial charge in [-0.2, -0.15) is 5.10 Å². The summed E-state index contributed by atoms with van der Waals surface area (Å²) in [5, 5.41) is 20.2. The Hall–Kier alpha value is -2.41. The van der Waals surface area contributed by atoms with Crippen LogP contribution >= 0.6 is 0 Å². The van der Waals surface area contributed by atoms with Crippen LogP contribution in [0.2, 0.25) is 0 Å². The molecule has 7 heteroatoms. The zero-order chi connectivity index (χ0) is 17.3. The molecule has 2 aromatic rings. The van der Waals surface area contributed by atoms with Gasteiger partial charge in [-0.05, 0) is 18.1 Å². The minimum absolute atomic E-state index is 0.113. The van der Waals surface area contributed by atoms with Crippen LogP contribution in [-0.4, -0.2) is 46.3 Å². The molecule has 0 saturated carbocycles. The highest BCUT2D eigenvalue weighted by molar-refractivity contribution is 6.05. The quantitative estimate of drug-likeness (QED) is 0.763. The number of carbonyl (C=O) groups excluding carboxylic acids is 2. The molecule has 1 aromatic heterocycles. The summed E-state index contributed by atoms with van der Waals surface area (Å²) in [6, 6.07) is 7.28. The van der Waals surface area contributed by atoms with Crippen LogP contribution in [0.15, 0.2) is 24.3 Å². The lowest BCUT2D eigenvalue weighted by atomic mass is 10.0. The van der Waals surface area contributed by atoms with E-state index in [1.54, 1.807) is 4.90 Å². The third kappa shape index (κ3) is 2.99. The van der Waals surface area contributed by atoms with Gasteiger partial charge in [-0.3, -0.25) is 19.6 Å². The summed E-state index contributed by atoms with van der Waals surface area (Å²) in [5.41, 5.74) is 0.855. The molecule has 0 aliphatic carbocycles. The number of rotatable bonds is 5. The number of benzene rings is 1. The summed E-state index contributed by atoms with van der Waals surface area (Å²) < 4.78 is 0. The Bertz CT molecular complexity index is 755. The number of nitrogens with one attached hydrogen (secondary N) is 2. The normalized spacial score (nSPS) is 19.2. The Morgan fingerprint density at radius 2 is 2.21 bits per heavy atom. The second-order valence-corrected chi connectivity index (χ2v) is 6.54. The number of nitrogens with zero attached hydrogens (tertiary/aromatic N) is 2. The molecule has 0 unspecified atom stereocenters. The number of aromatic nitrogens is 2. The van der Waals surface area contributed by atoms with Crippen molar-refractivity contribution in [3.63, 3.8) is 0 Å². The summed E-state index contributed by atoms with van der Waals surface area (Å²) in [5.74, 6) is -0.0485. The molecule has 3 N–H and O–H groups in total.